The van der Waals surface area contributed by atoms with E-state index < -0.39 is 18.0 Å². The van der Waals surface area contributed by atoms with Crippen molar-refractivity contribution in [2.75, 3.05) is 5.32 Å². The van der Waals surface area contributed by atoms with Gasteiger partial charge in [0.15, 0.2) is 0 Å². The Morgan fingerprint density at radius 3 is 2.71 bits per heavy atom. The molecule has 1 amide bonds. The summed E-state index contributed by atoms with van der Waals surface area (Å²) in [6.07, 6.45) is -3.34. The zero-order chi connectivity index (χ0) is 10.8. The summed E-state index contributed by atoms with van der Waals surface area (Å²) in [5.74, 6) is -3.15. The summed E-state index contributed by atoms with van der Waals surface area (Å²) in [5, 5.41) is 5.63. The third-order valence-electron chi connectivity index (χ3n) is 1.49. The summed E-state index contributed by atoms with van der Waals surface area (Å²) < 4.78 is 39.5. The van der Waals surface area contributed by atoms with E-state index >= 15 is 0 Å². The molecule has 1 atom stereocenters. The van der Waals surface area contributed by atoms with E-state index in [2.05, 4.69) is 14.9 Å². The fraction of sp³-hybridized carbons (Fsp3) is 0.500. The standard InChI is InChI=1S/C6H6F3N3OS/c1-3(6(7,8)9)5(13)11-4-2-10-12-14-4/h2-3H,1H3,(H,11,13)/t3-/m0/s1. The third kappa shape index (κ3) is 2.66. The first-order valence-corrected chi connectivity index (χ1v) is 4.33. The average Bonchev–Trinajstić information content (AvgIpc) is 2.53. The SMILES string of the molecule is C[C@@H](C(=O)Nc1cnns1)C(F)(F)F. The van der Waals surface area contributed by atoms with Crippen LogP contribution < -0.4 is 5.32 Å². The van der Waals surface area contributed by atoms with Crippen LogP contribution >= 0.6 is 11.5 Å². The predicted octanol–water partition coefficient (Wildman–Crippen LogP) is 1.67. The van der Waals surface area contributed by atoms with E-state index in [-0.39, 0.29) is 5.00 Å². The quantitative estimate of drug-likeness (QED) is 0.833. The summed E-state index contributed by atoms with van der Waals surface area (Å²) in [6.45, 7) is 0.795. The lowest BCUT2D eigenvalue weighted by Crippen LogP contribution is -2.32. The lowest BCUT2D eigenvalue weighted by Gasteiger charge is -2.13. The number of nitrogens with zero attached hydrogens (tertiary/aromatic N) is 2. The molecule has 0 fully saturated rings. The molecule has 14 heavy (non-hydrogen) atoms. The molecule has 78 valence electrons. The second-order valence-corrected chi connectivity index (χ2v) is 3.32. The number of nitrogens with one attached hydrogen (secondary N) is 1. The molecule has 0 bridgehead atoms. The number of halogens is 3. The van der Waals surface area contributed by atoms with Crippen molar-refractivity contribution in [3.63, 3.8) is 0 Å². The van der Waals surface area contributed by atoms with Crippen molar-refractivity contribution in [3.8, 4) is 0 Å². The highest BCUT2D eigenvalue weighted by atomic mass is 32.1. The van der Waals surface area contributed by atoms with Crippen LogP contribution in [0.2, 0.25) is 0 Å². The van der Waals surface area contributed by atoms with Gasteiger partial charge in [0.2, 0.25) is 5.91 Å². The van der Waals surface area contributed by atoms with Crippen molar-refractivity contribution >= 4 is 22.4 Å². The molecule has 0 saturated heterocycles. The maximum atomic E-state index is 12.0. The summed E-state index contributed by atoms with van der Waals surface area (Å²) in [6, 6.07) is 0. The van der Waals surface area contributed by atoms with Crippen LogP contribution in [0.4, 0.5) is 18.2 Å². The van der Waals surface area contributed by atoms with Crippen LogP contribution in [0.15, 0.2) is 6.20 Å². The van der Waals surface area contributed by atoms with Crippen molar-refractivity contribution < 1.29 is 18.0 Å². The van der Waals surface area contributed by atoms with Gasteiger partial charge < -0.3 is 5.32 Å². The molecule has 8 heteroatoms. The summed E-state index contributed by atoms with van der Waals surface area (Å²) >= 11 is 0.819. The molecular formula is C6H6F3N3OS. The number of carbonyl (C=O) groups is 1. The molecule has 1 aromatic rings. The number of amides is 1. The first-order chi connectivity index (χ1) is 6.41. The molecule has 1 heterocycles. The molecular weight excluding hydrogens is 219 g/mol. The Hall–Kier alpha value is -1.18. The minimum Gasteiger partial charge on any atom is -0.315 e. The largest absolute Gasteiger partial charge is 0.400 e. The van der Waals surface area contributed by atoms with Crippen LogP contribution in [-0.2, 0) is 4.79 Å². The van der Waals surface area contributed by atoms with E-state index in [4.69, 9.17) is 0 Å². The first kappa shape index (κ1) is 10.9. The van der Waals surface area contributed by atoms with Crippen molar-refractivity contribution in [3.05, 3.63) is 6.20 Å². The van der Waals surface area contributed by atoms with Gasteiger partial charge in [-0.05, 0) is 6.92 Å². The Morgan fingerprint density at radius 2 is 2.29 bits per heavy atom. The third-order valence-corrected chi connectivity index (χ3v) is 2.07. The molecule has 0 saturated carbocycles. The van der Waals surface area contributed by atoms with Gasteiger partial charge in [-0.3, -0.25) is 4.79 Å². The Labute approximate surface area is 81.3 Å². The molecule has 1 rings (SSSR count). The van der Waals surface area contributed by atoms with Gasteiger partial charge in [0.05, 0.1) is 6.20 Å². The summed E-state index contributed by atoms with van der Waals surface area (Å²) in [7, 11) is 0. The van der Waals surface area contributed by atoms with Crippen LogP contribution in [0.1, 0.15) is 6.92 Å². The highest BCUT2D eigenvalue weighted by Crippen LogP contribution is 2.26. The smallest absolute Gasteiger partial charge is 0.315 e. The van der Waals surface area contributed by atoms with Gasteiger partial charge in [0.1, 0.15) is 10.9 Å². The Bertz CT molecular complexity index is 311. The molecule has 4 nitrogen and oxygen atoms in total. The fourth-order valence-corrected chi connectivity index (χ4v) is 1.02. The van der Waals surface area contributed by atoms with E-state index in [1.165, 1.54) is 6.20 Å². The highest BCUT2D eigenvalue weighted by Gasteiger charge is 2.41. The van der Waals surface area contributed by atoms with E-state index in [0.717, 1.165) is 18.5 Å². The van der Waals surface area contributed by atoms with Crippen molar-refractivity contribution in [1.29, 1.82) is 0 Å². The second-order valence-electron chi connectivity index (χ2n) is 2.53. The Morgan fingerprint density at radius 1 is 1.64 bits per heavy atom. The lowest BCUT2D eigenvalue weighted by atomic mass is 10.1. The maximum absolute atomic E-state index is 12.0. The molecule has 0 aliphatic rings. The number of rotatable bonds is 2. The topological polar surface area (TPSA) is 54.9 Å². The summed E-state index contributed by atoms with van der Waals surface area (Å²) in [4.78, 5) is 11.0. The Balaban J connectivity index is 2.59. The molecule has 0 aromatic carbocycles. The number of carbonyl (C=O) groups excluding carboxylic acids is 1. The molecule has 0 spiro atoms. The van der Waals surface area contributed by atoms with Gasteiger partial charge in [-0.25, -0.2) is 0 Å². The number of aromatic nitrogens is 2. The van der Waals surface area contributed by atoms with E-state index in [9.17, 15) is 18.0 Å². The van der Waals surface area contributed by atoms with E-state index in [0.29, 0.717) is 0 Å². The number of anilines is 1. The average molecular weight is 225 g/mol. The van der Waals surface area contributed by atoms with Gasteiger partial charge >= 0.3 is 6.18 Å². The minimum absolute atomic E-state index is 0.200. The van der Waals surface area contributed by atoms with Gasteiger partial charge in [-0.2, -0.15) is 13.2 Å². The zero-order valence-electron chi connectivity index (χ0n) is 7.00. The Kier molecular flexibility index (Phi) is 3.04. The van der Waals surface area contributed by atoms with Crippen molar-refractivity contribution in [2.45, 2.75) is 13.1 Å². The van der Waals surface area contributed by atoms with Gasteiger partial charge in [0, 0.05) is 11.5 Å². The molecule has 0 unspecified atom stereocenters. The lowest BCUT2D eigenvalue weighted by molar-refractivity contribution is -0.175. The molecule has 0 aliphatic carbocycles. The predicted molar refractivity (Wildman–Crippen MR) is 43.8 cm³/mol. The first-order valence-electron chi connectivity index (χ1n) is 3.56. The van der Waals surface area contributed by atoms with Gasteiger partial charge in [-0.1, -0.05) is 4.49 Å². The van der Waals surface area contributed by atoms with Gasteiger partial charge in [-0.15, -0.1) is 5.10 Å². The number of alkyl halides is 3. The summed E-state index contributed by atoms with van der Waals surface area (Å²) in [5.41, 5.74) is 0. The fourth-order valence-electron chi connectivity index (χ4n) is 0.601. The maximum Gasteiger partial charge on any atom is 0.400 e. The normalized spacial score (nSPS) is 13.7. The van der Waals surface area contributed by atoms with E-state index in [1.807, 2.05) is 0 Å². The second kappa shape index (κ2) is 3.91. The van der Waals surface area contributed by atoms with Crippen molar-refractivity contribution in [2.24, 2.45) is 5.92 Å². The molecule has 0 radical (unpaired) electrons. The zero-order valence-corrected chi connectivity index (χ0v) is 7.82. The molecule has 0 aliphatic heterocycles. The van der Waals surface area contributed by atoms with Crippen molar-refractivity contribution in [1.82, 2.24) is 9.59 Å². The van der Waals surface area contributed by atoms with Gasteiger partial charge in [0.25, 0.3) is 0 Å². The monoisotopic (exact) mass is 225 g/mol. The van der Waals surface area contributed by atoms with Crippen LogP contribution in [0.25, 0.3) is 0 Å². The molecule has 1 N–H and O–H groups in total. The molecule has 1 aromatic heterocycles. The van der Waals surface area contributed by atoms with Crippen LogP contribution in [0, 0.1) is 5.92 Å². The van der Waals surface area contributed by atoms with Crippen LogP contribution in [-0.4, -0.2) is 21.7 Å². The highest BCUT2D eigenvalue weighted by molar-refractivity contribution is 7.10. The minimum atomic E-state index is -4.53. The number of hydrogen-bond acceptors (Lipinski definition) is 4. The van der Waals surface area contributed by atoms with Crippen LogP contribution in [0.5, 0.6) is 0 Å². The van der Waals surface area contributed by atoms with E-state index in [1.54, 1.807) is 0 Å². The number of hydrogen-bond donors (Lipinski definition) is 1. The van der Waals surface area contributed by atoms with Crippen LogP contribution in [0.3, 0.4) is 0 Å².